The molecular weight excluding hydrogens is 384 g/mol. The van der Waals surface area contributed by atoms with Gasteiger partial charge in [0, 0.05) is 36.4 Å². The molecular formula is C21H20N6O3. The van der Waals surface area contributed by atoms with Crippen LogP contribution in [0.25, 0.3) is 22.4 Å². The lowest BCUT2D eigenvalue weighted by atomic mass is 10.1. The monoisotopic (exact) mass is 404 g/mol. The van der Waals surface area contributed by atoms with E-state index in [1.54, 1.807) is 48.1 Å². The number of hydrogen-bond donors (Lipinski definition) is 1. The number of rotatable bonds is 5. The van der Waals surface area contributed by atoms with Gasteiger partial charge in [-0.15, -0.1) is 0 Å². The van der Waals surface area contributed by atoms with Crippen LogP contribution in [0.15, 0.2) is 52.2 Å². The zero-order chi connectivity index (χ0) is 21.3. The molecule has 152 valence electrons. The van der Waals surface area contributed by atoms with Crippen LogP contribution in [0.5, 0.6) is 0 Å². The lowest BCUT2D eigenvalue weighted by Gasteiger charge is -2.13. The maximum absolute atomic E-state index is 12.9. The fourth-order valence-corrected chi connectivity index (χ4v) is 3.13. The fraction of sp³-hybridized carbons (Fsp3) is 0.238. The summed E-state index contributed by atoms with van der Waals surface area (Å²) in [6.45, 7) is 6.07. The first-order chi connectivity index (χ1) is 14.5. The van der Waals surface area contributed by atoms with Crippen LogP contribution in [-0.4, -0.2) is 30.6 Å². The third-order valence-corrected chi connectivity index (χ3v) is 4.74. The molecule has 0 spiro atoms. The second-order valence-electron chi connectivity index (χ2n) is 6.87. The number of aromatic nitrogens is 5. The van der Waals surface area contributed by atoms with Gasteiger partial charge in [-0.1, -0.05) is 5.16 Å². The Morgan fingerprint density at radius 2 is 1.97 bits per heavy atom. The Hall–Kier alpha value is -3.88. The van der Waals surface area contributed by atoms with Gasteiger partial charge in [-0.2, -0.15) is 4.98 Å². The van der Waals surface area contributed by atoms with E-state index in [-0.39, 0.29) is 16.9 Å². The highest BCUT2D eigenvalue weighted by Crippen LogP contribution is 2.18. The Bertz CT molecular complexity index is 1280. The molecule has 0 radical (unpaired) electrons. The number of carbonyl (C=O) groups is 1. The largest absolute Gasteiger partial charge is 0.340 e. The second-order valence-corrected chi connectivity index (χ2v) is 6.87. The fourth-order valence-electron chi connectivity index (χ4n) is 3.13. The van der Waals surface area contributed by atoms with E-state index < -0.39 is 11.9 Å². The summed E-state index contributed by atoms with van der Waals surface area (Å²) in [6.07, 6.45) is 4.80. The minimum atomic E-state index is -0.582. The average molecular weight is 404 g/mol. The van der Waals surface area contributed by atoms with Gasteiger partial charge in [-0.25, -0.2) is 4.98 Å². The van der Waals surface area contributed by atoms with Gasteiger partial charge in [0.1, 0.15) is 17.3 Å². The first kappa shape index (κ1) is 19.4. The maximum Gasteiger partial charge on any atom is 0.257 e. The Labute approximate surface area is 171 Å². The molecule has 9 heteroatoms. The lowest BCUT2D eigenvalue weighted by Crippen LogP contribution is -2.32. The summed E-state index contributed by atoms with van der Waals surface area (Å²) in [4.78, 5) is 38.5. The number of pyridine rings is 3. The summed E-state index contributed by atoms with van der Waals surface area (Å²) in [5, 5.41) is 7.11. The minimum absolute atomic E-state index is 0.0377. The highest BCUT2D eigenvalue weighted by atomic mass is 16.5. The van der Waals surface area contributed by atoms with Crippen molar-refractivity contribution in [2.45, 2.75) is 33.4 Å². The highest BCUT2D eigenvalue weighted by molar-refractivity contribution is 5.97. The van der Waals surface area contributed by atoms with E-state index in [2.05, 4.69) is 25.4 Å². The number of nitrogens with one attached hydrogen (secondary N) is 1. The van der Waals surface area contributed by atoms with E-state index in [1.165, 1.54) is 6.20 Å². The number of hydrogen-bond acceptors (Lipinski definition) is 7. The van der Waals surface area contributed by atoms with E-state index in [4.69, 9.17) is 4.52 Å². The van der Waals surface area contributed by atoms with E-state index in [9.17, 15) is 9.59 Å². The van der Waals surface area contributed by atoms with Crippen LogP contribution in [0, 0.1) is 6.92 Å². The zero-order valence-electron chi connectivity index (χ0n) is 16.8. The number of aryl methyl sites for hydroxylation is 2. The Kier molecular flexibility index (Phi) is 5.09. The van der Waals surface area contributed by atoms with Gasteiger partial charge >= 0.3 is 0 Å². The van der Waals surface area contributed by atoms with E-state index >= 15 is 0 Å². The van der Waals surface area contributed by atoms with Gasteiger partial charge in [-0.05, 0) is 45.0 Å². The third kappa shape index (κ3) is 3.57. The topological polar surface area (TPSA) is 116 Å². The Balaban J connectivity index is 1.62. The minimum Gasteiger partial charge on any atom is -0.340 e. The van der Waals surface area contributed by atoms with Crippen molar-refractivity contribution in [2.75, 3.05) is 0 Å². The summed E-state index contributed by atoms with van der Waals surface area (Å²) < 4.78 is 7.08. The molecule has 0 unspecified atom stereocenters. The molecule has 0 bridgehead atoms. The summed E-state index contributed by atoms with van der Waals surface area (Å²) in [5.74, 6) is 0.124. The van der Waals surface area contributed by atoms with Crippen LogP contribution < -0.4 is 10.7 Å². The number of amides is 1. The molecule has 0 fully saturated rings. The predicted octanol–water partition coefficient (Wildman–Crippen LogP) is 2.66. The summed E-state index contributed by atoms with van der Waals surface area (Å²) in [5.41, 5.74) is 1.79. The van der Waals surface area contributed by atoms with Crippen molar-refractivity contribution < 1.29 is 9.32 Å². The molecule has 0 saturated carbocycles. The molecule has 0 aromatic carbocycles. The molecule has 30 heavy (non-hydrogen) atoms. The van der Waals surface area contributed by atoms with E-state index in [0.717, 1.165) is 11.3 Å². The second kappa shape index (κ2) is 7.86. The molecule has 9 nitrogen and oxygen atoms in total. The van der Waals surface area contributed by atoms with Gasteiger partial charge in [0.2, 0.25) is 17.1 Å². The molecule has 1 N–H and O–H groups in total. The van der Waals surface area contributed by atoms with Crippen LogP contribution in [0.2, 0.25) is 0 Å². The van der Waals surface area contributed by atoms with Gasteiger partial charge in [0.15, 0.2) is 0 Å². The van der Waals surface area contributed by atoms with Crippen molar-refractivity contribution in [2.24, 2.45) is 0 Å². The van der Waals surface area contributed by atoms with Crippen molar-refractivity contribution in [1.29, 1.82) is 0 Å². The molecule has 1 atom stereocenters. The Morgan fingerprint density at radius 3 is 2.70 bits per heavy atom. The smallest absolute Gasteiger partial charge is 0.257 e. The van der Waals surface area contributed by atoms with Crippen LogP contribution in [0.3, 0.4) is 0 Å². The summed E-state index contributed by atoms with van der Waals surface area (Å²) in [7, 11) is 0. The van der Waals surface area contributed by atoms with E-state index in [0.29, 0.717) is 23.4 Å². The van der Waals surface area contributed by atoms with Crippen molar-refractivity contribution >= 4 is 16.9 Å². The number of carbonyl (C=O) groups excluding carboxylic acids is 1. The normalized spacial score (nSPS) is 12.1. The molecule has 0 aliphatic carbocycles. The van der Waals surface area contributed by atoms with Crippen LogP contribution >= 0.6 is 0 Å². The van der Waals surface area contributed by atoms with Gasteiger partial charge in [0.25, 0.3) is 5.91 Å². The molecule has 0 aliphatic heterocycles. The summed E-state index contributed by atoms with van der Waals surface area (Å²) in [6, 6.07) is 6.39. The van der Waals surface area contributed by atoms with Crippen molar-refractivity contribution in [3.8, 4) is 11.4 Å². The molecule has 4 aromatic heterocycles. The molecule has 0 saturated heterocycles. The Morgan fingerprint density at radius 1 is 1.20 bits per heavy atom. The first-order valence-electron chi connectivity index (χ1n) is 9.53. The molecule has 0 aliphatic rings. The van der Waals surface area contributed by atoms with Crippen LogP contribution in [0.4, 0.5) is 0 Å². The predicted molar refractivity (Wildman–Crippen MR) is 110 cm³/mol. The van der Waals surface area contributed by atoms with Gasteiger partial charge in [-0.3, -0.25) is 14.6 Å². The summed E-state index contributed by atoms with van der Waals surface area (Å²) >= 11 is 0. The number of fused-ring (bicyclic) bond motifs is 1. The molecule has 4 aromatic rings. The van der Waals surface area contributed by atoms with Gasteiger partial charge in [0.05, 0.1) is 5.39 Å². The molecule has 4 rings (SSSR count). The average Bonchev–Trinajstić information content (AvgIpc) is 3.25. The SMILES string of the molecule is CCn1cc(C(=O)N[C@@H](C)c2nc(-c3ccncc3)no2)c(=O)c2ccc(C)nc21. The van der Waals surface area contributed by atoms with E-state index in [1.807, 2.05) is 13.8 Å². The molecule has 1 amide bonds. The highest BCUT2D eigenvalue weighted by Gasteiger charge is 2.21. The lowest BCUT2D eigenvalue weighted by molar-refractivity contribution is 0.0931. The van der Waals surface area contributed by atoms with Crippen LogP contribution in [-0.2, 0) is 6.54 Å². The standard InChI is InChI=1S/C21H20N6O3/c1-4-27-11-16(17(28)15-6-5-12(2)23-19(15)27)20(29)24-13(3)21-25-18(26-30-21)14-7-9-22-10-8-14/h5-11,13H,4H2,1-3H3,(H,24,29)/t13-/m0/s1. The van der Waals surface area contributed by atoms with Crippen LogP contribution in [0.1, 0.15) is 41.8 Å². The van der Waals surface area contributed by atoms with Crippen molar-refractivity contribution in [3.63, 3.8) is 0 Å². The maximum atomic E-state index is 12.9. The van der Waals surface area contributed by atoms with Gasteiger partial charge < -0.3 is 14.4 Å². The molecule has 4 heterocycles. The zero-order valence-corrected chi connectivity index (χ0v) is 16.8. The van der Waals surface area contributed by atoms with Crippen molar-refractivity contribution in [1.82, 2.24) is 30.0 Å². The van der Waals surface area contributed by atoms with Crippen molar-refractivity contribution in [3.05, 3.63) is 70.2 Å². The quantitative estimate of drug-likeness (QED) is 0.543. The first-order valence-corrected chi connectivity index (χ1v) is 9.53. The number of nitrogens with zero attached hydrogens (tertiary/aromatic N) is 5. The third-order valence-electron chi connectivity index (χ3n) is 4.74.